The lowest BCUT2D eigenvalue weighted by Crippen LogP contribution is -2.13. The van der Waals surface area contributed by atoms with Gasteiger partial charge in [0.15, 0.2) is 0 Å². The van der Waals surface area contributed by atoms with Crippen LogP contribution in [0.5, 0.6) is 0 Å². The van der Waals surface area contributed by atoms with Gasteiger partial charge in [0.2, 0.25) is 0 Å². The van der Waals surface area contributed by atoms with Crippen LogP contribution in [0.2, 0.25) is 0 Å². The van der Waals surface area contributed by atoms with Crippen molar-refractivity contribution in [2.45, 2.75) is 20.3 Å². The number of rotatable bonds is 3. The first kappa shape index (κ1) is 8.96. The second-order valence-electron chi connectivity index (χ2n) is 2.65. The molecule has 56 valence electrons. The maximum Gasteiger partial charge on any atom is 0.320 e. The van der Waals surface area contributed by atoms with E-state index in [0.29, 0.717) is 6.42 Å². The highest BCUT2D eigenvalue weighted by atomic mass is 16.4. The quantitative estimate of drug-likeness (QED) is 0.643. The summed E-state index contributed by atoms with van der Waals surface area (Å²) in [7, 11) is 0. The van der Waals surface area contributed by atoms with Crippen LogP contribution in [-0.2, 0) is 4.79 Å². The van der Waals surface area contributed by atoms with E-state index >= 15 is 0 Å². The number of carboxylic acid groups (broad SMARTS) is 1. The first-order valence-electron chi connectivity index (χ1n) is 3.20. The van der Waals surface area contributed by atoms with Crippen LogP contribution in [0.3, 0.4) is 0 Å². The van der Waals surface area contributed by atoms with Crippen LogP contribution in [0, 0.1) is 23.2 Å². The summed E-state index contributed by atoms with van der Waals surface area (Å²) >= 11 is 0. The molecular weight excluding hydrogens is 130 g/mol. The van der Waals surface area contributed by atoms with Crippen molar-refractivity contribution in [1.82, 2.24) is 0 Å². The van der Waals surface area contributed by atoms with E-state index in [1.807, 2.05) is 13.8 Å². The van der Waals surface area contributed by atoms with E-state index in [1.54, 1.807) is 6.07 Å². The fraction of sp³-hybridized carbons (Fsp3) is 0.714. The molecule has 0 heterocycles. The molecule has 0 aliphatic carbocycles. The lowest BCUT2D eigenvalue weighted by molar-refractivity contribution is -0.140. The molecule has 0 radical (unpaired) electrons. The molecule has 0 fully saturated rings. The van der Waals surface area contributed by atoms with Gasteiger partial charge in [-0.25, -0.2) is 0 Å². The van der Waals surface area contributed by atoms with Gasteiger partial charge in [0.05, 0.1) is 6.07 Å². The highest BCUT2D eigenvalue weighted by molar-refractivity contribution is 5.72. The Morgan fingerprint density at radius 2 is 2.20 bits per heavy atom. The van der Waals surface area contributed by atoms with Gasteiger partial charge in [-0.1, -0.05) is 13.8 Å². The van der Waals surface area contributed by atoms with Crippen molar-refractivity contribution in [3.05, 3.63) is 0 Å². The van der Waals surface area contributed by atoms with Crippen molar-refractivity contribution in [2.75, 3.05) is 0 Å². The number of carboxylic acids is 1. The third-order valence-electron chi connectivity index (χ3n) is 1.16. The first-order valence-corrected chi connectivity index (χ1v) is 3.20. The SMILES string of the molecule is CC(C)CC(C#N)C(=O)O. The van der Waals surface area contributed by atoms with E-state index in [0.717, 1.165) is 0 Å². The molecule has 1 unspecified atom stereocenters. The summed E-state index contributed by atoms with van der Waals surface area (Å²) in [5.74, 6) is -1.59. The van der Waals surface area contributed by atoms with Crippen molar-refractivity contribution < 1.29 is 9.90 Å². The van der Waals surface area contributed by atoms with E-state index in [4.69, 9.17) is 10.4 Å². The van der Waals surface area contributed by atoms with E-state index in [-0.39, 0.29) is 5.92 Å². The highest BCUT2D eigenvalue weighted by Crippen LogP contribution is 2.10. The molecule has 0 saturated heterocycles. The van der Waals surface area contributed by atoms with Crippen LogP contribution in [0.1, 0.15) is 20.3 Å². The summed E-state index contributed by atoms with van der Waals surface area (Å²) < 4.78 is 0. The average Bonchev–Trinajstić information content (AvgIpc) is 1.81. The fourth-order valence-corrected chi connectivity index (χ4v) is 0.680. The van der Waals surface area contributed by atoms with Gasteiger partial charge < -0.3 is 5.11 Å². The zero-order chi connectivity index (χ0) is 8.15. The number of hydrogen-bond acceptors (Lipinski definition) is 2. The Kier molecular flexibility index (Phi) is 3.48. The summed E-state index contributed by atoms with van der Waals surface area (Å²) in [4.78, 5) is 10.2. The summed E-state index contributed by atoms with van der Waals surface area (Å²) in [5, 5.41) is 16.7. The Morgan fingerprint density at radius 1 is 1.70 bits per heavy atom. The minimum atomic E-state index is -1.02. The van der Waals surface area contributed by atoms with Gasteiger partial charge in [-0.05, 0) is 12.3 Å². The monoisotopic (exact) mass is 141 g/mol. The van der Waals surface area contributed by atoms with Crippen LogP contribution in [0.15, 0.2) is 0 Å². The van der Waals surface area contributed by atoms with E-state index in [9.17, 15) is 4.79 Å². The van der Waals surface area contributed by atoms with Crippen molar-refractivity contribution >= 4 is 5.97 Å². The summed E-state index contributed by atoms with van der Waals surface area (Å²) in [5.41, 5.74) is 0. The minimum Gasteiger partial charge on any atom is -0.480 e. The smallest absolute Gasteiger partial charge is 0.320 e. The molecule has 0 aliphatic rings. The van der Waals surface area contributed by atoms with Crippen LogP contribution in [0.4, 0.5) is 0 Å². The molecule has 1 N–H and O–H groups in total. The lowest BCUT2D eigenvalue weighted by Gasteiger charge is -2.05. The zero-order valence-electron chi connectivity index (χ0n) is 6.16. The molecule has 0 aromatic carbocycles. The molecule has 0 aromatic rings. The number of carbonyl (C=O) groups is 1. The van der Waals surface area contributed by atoms with E-state index < -0.39 is 11.9 Å². The molecule has 0 aliphatic heterocycles. The van der Waals surface area contributed by atoms with Crippen molar-refractivity contribution in [3.63, 3.8) is 0 Å². The Balaban J connectivity index is 3.88. The lowest BCUT2D eigenvalue weighted by atomic mass is 9.99. The second-order valence-corrected chi connectivity index (χ2v) is 2.65. The van der Waals surface area contributed by atoms with E-state index in [1.165, 1.54) is 0 Å². The molecule has 0 spiro atoms. The molecule has 0 aromatic heterocycles. The first-order chi connectivity index (χ1) is 4.57. The minimum absolute atomic E-state index is 0.265. The van der Waals surface area contributed by atoms with Crippen molar-refractivity contribution in [2.24, 2.45) is 11.8 Å². The molecule has 0 rings (SSSR count). The number of aliphatic carboxylic acids is 1. The third-order valence-corrected chi connectivity index (χ3v) is 1.16. The molecule has 10 heavy (non-hydrogen) atoms. The number of nitrogens with zero attached hydrogens (tertiary/aromatic N) is 1. The summed E-state index contributed by atoms with van der Waals surface area (Å²) in [6.07, 6.45) is 0.436. The molecule has 0 saturated carbocycles. The predicted molar refractivity (Wildman–Crippen MR) is 36.2 cm³/mol. The molecule has 1 atom stereocenters. The average molecular weight is 141 g/mol. The summed E-state index contributed by atoms with van der Waals surface area (Å²) in [6, 6.07) is 1.73. The van der Waals surface area contributed by atoms with Crippen molar-refractivity contribution in [3.8, 4) is 6.07 Å². The zero-order valence-corrected chi connectivity index (χ0v) is 6.16. The Morgan fingerprint density at radius 3 is 2.30 bits per heavy atom. The number of nitriles is 1. The van der Waals surface area contributed by atoms with Crippen LogP contribution < -0.4 is 0 Å². The molecule has 0 bridgehead atoms. The Bertz CT molecular complexity index is 157. The number of hydrogen-bond donors (Lipinski definition) is 1. The van der Waals surface area contributed by atoms with E-state index in [2.05, 4.69) is 0 Å². The van der Waals surface area contributed by atoms with Gasteiger partial charge in [-0.2, -0.15) is 5.26 Å². The van der Waals surface area contributed by atoms with Gasteiger partial charge in [-0.3, -0.25) is 4.79 Å². The topological polar surface area (TPSA) is 61.1 Å². The molecule has 3 heteroatoms. The molecular formula is C7H11NO2. The largest absolute Gasteiger partial charge is 0.480 e. The summed E-state index contributed by atoms with van der Waals surface area (Å²) in [6.45, 7) is 3.79. The second kappa shape index (κ2) is 3.89. The van der Waals surface area contributed by atoms with Crippen LogP contribution in [0.25, 0.3) is 0 Å². The van der Waals surface area contributed by atoms with Crippen LogP contribution >= 0.6 is 0 Å². The van der Waals surface area contributed by atoms with Gasteiger partial charge in [0.25, 0.3) is 0 Å². The standard InChI is InChI=1S/C7H11NO2/c1-5(2)3-6(4-8)7(9)10/h5-6H,3H2,1-2H3,(H,9,10). The van der Waals surface area contributed by atoms with Gasteiger partial charge in [0, 0.05) is 0 Å². The third kappa shape index (κ3) is 3.08. The molecule has 0 amide bonds. The van der Waals surface area contributed by atoms with Gasteiger partial charge >= 0.3 is 5.97 Å². The maximum atomic E-state index is 10.2. The van der Waals surface area contributed by atoms with Crippen LogP contribution in [-0.4, -0.2) is 11.1 Å². The fourth-order valence-electron chi connectivity index (χ4n) is 0.680. The maximum absolute atomic E-state index is 10.2. The highest BCUT2D eigenvalue weighted by Gasteiger charge is 2.16. The normalized spacial score (nSPS) is 12.6. The van der Waals surface area contributed by atoms with Crippen molar-refractivity contribution in [1.29, 1.82) is 5.26 Å². The molecule has 3 nitrogen and oxygen atoms in total. The predicted octanol–water partition coefficient (Wildman–Crippen LogP) is 1.26. The Hall–Kier alpha value is -1.04. The van der Waals surface area contributed by atoms with Gasteiger partial charge in [0.1, 0.15) is 5.92 Å². The van der Waals surface area contributed by atoms with Gasteiger partial charge in [-0.15, -0.1) is 0 Å². The Labute approximate surface area is 60.3 Å².